The highest BCUT2D eigenvalue weighted by Gasteiger charge is 2.40. The molecule has 3 saturated heterocycles. The number of carbonyl (C=O) groups excluding carboxylic acids is 1. The van der Waals surface area contributed by atoms with E-state index in [-0.39, 0.29) is 23.7 Å². The summed E-state index contributed by atoms with van der Waals surface area (Å²) in [4.78, 5) is 15.4. The van der Waals surface area contributed by atoms with E-state index in [1.54, 1.807) is 0 Å². The first-order valence-electron chi connectivity index (χ1n) is 11.5. The van der Waals surface area contributed by atoms with E-state index in [9.17, 15) is 4.79 Å². The number of aryl methyl sites for hydroxylation is 1. The van der Waals surface area contributed by atoms with Crippen LogP contribution in [0.1, 0.15) is 50.3 Å². The van der Waals surface area contributed by atoms with Crippen molar-refractivity contribution in [1.82, 2.24) is 10.2 Å². The van der Waals surface area contributed by atoms with E-state index in [0.29, 0.717) is 5.92 Å². The Balaban J connectivity index is 1.40. The van der Waals surface area contributed by atoms with Crippen LogP contribution < -0.4 is 5.32 Å². The van der Waals surface area contributed by atoms with Crippen molar-refractivity contribution >= 4 is 17.7 Å². The number of fused-ring (bicyclic) bond motifs is 4. The molecule has 4 nitrogen and oxygen atoms in total. The predicted molar refractivity (Wildman–Crippen MR) is 124 cm³/mol. The zero-order valence-corrected chi connectivity index (χ0v) is 19.1. The van der Waals surface area contributed by atoms with Gasteiger partial charge in [-0.05, 0) is 78.9 Å². The van der Waals surface area contributed by atoms with E-state index in [4.69, 9.17) is 16.3 Å². The molecule has 3 heterocycles. The van der Waals surface area contributed by atoms with Gasteiger partial charge < -0.3 is 10.1 Å². The van der Waals surface area contributed by atoms with Crippen LogP contribution in [0.5, 0.6) is 0 Å². The third-order valence-corrected chi connectivity index (χ3v) is 7.91. The number of ether oxygens (including phenoxy) is 1. The van der Waals surface area contributed by atoms with E-state index in [0.717, 1.165) is 61.5 Å². The molecule has 1 N–H and O–H groups in total. The van der Waals surface area contributed by atoms with Crippen LogP contribution in [-0.4, -0.2) is 36.7 Å². The number of rotatable bonds is 3. The molecule has 2 aromatic carbocycles. The first kappa shape index (κ1) is 20.8. The van der Waals surface area contributed by atoms with Crippen LogP contribution in [0.25, 0.3) is 11.1 Å². The van der Waals surface area contributed by atoms with Gasteiger partial charge in [-0.3, -0.25) is 4.90 Å². The molecule has 2 bridgehead atoms. The number of nitrogens with zero attached hydrogens (tertiary/aromatic N) is 1. The second-order valence-electron chi connectivity index (χ2n) is 10.0. The lowest BCUT2D eigenvalue weighted by atomic mass is 9.70. The minimum absolute atomic E-state index is 0.0168. The van der Waals surface area contributed by atoms with Crippen molar-refractivity contribution in [3.63, 3.8) is 0 Å². The largest absolute Gasteiger partial charge is 0.445 e. The number of hydrogen-bond donors (Lipinski definition) is 1. The smallest absolute Gasteiger partial charge is 0.407 e. The molecule has 4 aliphatic rings. The summed E-state index contributed by atoms with van der Waals surface area (Å²) in [5.41, 5.74) is 4.52. The van der Waals surface area contributed by atoms with Crippen LogP contribution in [0.3, 0.4) is 0 Å². The van der Waals surface area contributed by atoms with E-state index in [2.05, 4.69) is 42.3 Å². The van der Waals surface area contributed by atoms with Crippen molar-refractivity contribution < 1.29 is 9.53 Å². The maximum atomic E-state index is 13.0. The van der Waals surface area contributed by atoms with Gasteiger partial charge in [0.25, 0.3) is 0 Å². The van der Waals surface area contributed by atoms with Crippen LogP contribution in [0.15, 0.2) is 42.5 Å². The van der Waals surface area contributed by atoms with Gasteiger partial charge in [0.05, 0.1) is 6.04 Å². The highest BCUT2D eigenvalue weighted by atomic mass is 35.5. The van der Waals surface area contributed by atoms with Gasteiger partial charge in [0.1, 0.15) is 6.10 Å². The number of hydrogen-bond acceptors (Lipinski definition) is 3. The van der Waals surface area contributed by atoms with Crippen molar-refractivity contribution in [1.29, 1.82) is 0 Å². The molecule has 2 aromatic rings. The molecule has 1 unspecified atom stereocenters. The Morgan fingerprint density at radius 2 is 1.94 bits per heavy atom. The van der Waals surface area contributed by atoms with Crippen LogP contribution in [0.4, 0.5) is 4.79 Å². The molecular formula is C26H31ClN2O2. The van der Waals surface area contributed by atoms with Crippen molar-refractivity contribution in [3.05, 3.63) is 58.6 Å². The Kier molecular flexibility index (Phi) is 5.47. The lowest BCUT2D eigenvalue weighted by Gasteiger charge is -2.44. The summed E-state index contributed by atoms with van der Waals surface area (Å²) in [5.74, 6) is 0.509. The Morgan fingerprint density at radius 1 is 1.16 bits per heavy atom. The lowest BCUT2D eigenvalue weighted by molar-refractivity contribution is -0.0353. The molecule has 0 spiro atoms. The maximum absolute atomic E-state index is 13.0. The number of alkyl carbamates (subject to hydrolysis) is 1. The SMILES string of the molecule is CC1(C)CCc2ccc(-c3ccccc3Cl)cc2C1NC(=O)O[C@H]1CN2CCC1CC2. The maximum Gasteiger partial charge on any atom is 0.407 e. The quantitative estimate of drug-likeness (QED) is 0.654. The standard InChI is InChI=1S/C26H31ClN2O2/c1-26(2)12-9-17-7-8-19(20-5-3-4-6-22(20)27)15-21(17)24(26)28-25(30)31-23-16-29-13-10-18(23)11-14-29/h3-8,15,18,23-24H,9-14,16H2,1-2H3,(H,28,30)/t23-,24?/m0/s1. The molecule has 3 aliphatic heterocycles. The molecule has 0 saturated carbocycles. The topological polar surface area (TPSA) is 41.6 Å². The molecule has 0 radical (unpaired) electrons. The Bertz CT molecular complexity index is 981. The number of halogens is 1. The van der Waals surface area contributed by atoms with E-state index in [1.807, 2.05) is 24.3 Å². The highest BCUT2D eigenvalue weighted by Crippen LogP contribution is 2.45. The Morgan fingerprint density at radius 3 is 2.65 bits per heavy atom. The summed E-state index contributed by atoms with van der Waals surface area (Å²) in [6.45, 7) is 7.62. The van der Waals surface area contributed by atoms with E-state index >= 15 is 0 Å². The minimum atomic E-state index is -0.284. The first-order chi connectivity index (χ1) is 14.9. The van der Waals surface area contributed by atoms with Gasteiger partial charge in [0.15, 0.2) is 0 Å². The first-order valence-corrected chi connectivity index (χ1v) is 11.9. The third-order valence-electron chi connectivity index (χ3n) is 7.58. The fourth-order valence-electron chi connectivity index (χ4n) is 5.58. The van der Waals surface area contributed by atoms with Gasteiger partial charge in [-0.2, -0.15) is 0 Å². The fraction of sp³-hybridized carbons (Fsp3) is 0.500. The zero-order valence-electron chi connectivity index (χ0n) is 18.4. The summed E-state index contributed by atoms with van der Waals surface area (Å²) in [7, 11) is 0. The molecule has 31 heavy (non-hydrogen) atoms. The molecule has 0 aromatic heterocycles. The number of piperidine rings is 3. The molecule has 1 aliphatic carbocycles. The van der Waals surface area contributed by atoms with Gasteiger partial charge >= 0.3 is 6.09 Å². The van der Waals surface area contributed by atoms with Crippen molar-refractivity contribution in [2.24, 2.45) is 11.3 Å². The van der Waals surface area contributed by atoms with Crippen molar-refractivity contribution in [2.45, 2.75) is 51.7 Å². The third kappa shape index (κ3) is 4.08. The second kappa shape index (κ2) is 8.14. The van der Waals surface area contributed by atoms with E-state index < -0.39 is 0 Å². The number of amides is 1. The molecule has 164 valence electrons. The van der Waals surface area contributed by atoms with Crippen LogP contribution >= 0.6 is 11.6 Å². The zero-order chi connectivity index (χ0) is 21.6. The lowest BCUT2D eigenvalue weighted by Crippen LogP contribution is -2.53. The predicted octanol–water partition coefficient (Wildman–Crippen LogP) is 5.84. The number of benzene rings is 2. The van der Waals surface area contributed by atoms with Gasteiger partial charge in [0.2, 0.25) is 0 Å². The van der Waals surface area contributed by atoms with Crippen LogP contribution in [0.2, 0.25) is 5.02 Å². The second-order valence-corrected chi connectivity index (χ2v) is 10.4. The van der Waals surface area contributed by atoms with Gasteiger partial charge in [0, 0.05) is 17.1 Å². The molecule has 6 rings (SSSR count). The van der Waals surface area contributed by atoms with Gasteiger partial charge in [-0.25, -0.2) is 4.79 Å². The molecular weight excluding hydrogens is 408 g/mol. The fourth-order valence-corrected chi connectivity index (χ4v) is 5.83. The van der Waals surface area contributed by atoms with Gasteiger partial charge in [-0.15, -0.1) is 0 Å². The van der Waals surface area contributed by atoms with Crippen LogP contribution in [0, 0.1) is 11.3 Å². The normalized spacial score (nSPS) is 28.6. The molecule has 5 heteroatoms. The summed E-state index contributed by atoms with van der Waals surface area (Å²) >= 11 is 6.46. The van der Waals surface area contributed by atoms with Crippen molar-refractivity contribution in [2.75, 3.05) is 19.6 Å². The number of carbonyl (C=O) groups is 1. The summed E-state index contributed by atoms with van der Waals surface area (Å²) in [6.07, 6.45) is 4.04. The Hall–Kier alpha value is -2.04. The highest BCUT2D eigenvalue weighted by molar-refractivity contribution is 6.33. The van der Waals surface area contributed by atoms with Gasteiger partial charge in [-0.1, -0.05) is 55.8 Å². The van der Waals surface area contributed by atoms with E-state index in [1.165, 1.54) is 11.1 Å². The number of nitrogens with one attached hydrogen (secondary N) is 1. The van der Waals surface area contributed by atoms with Crippen molar-refractivity contribution in [3.8, 4) is 11.1 Å². The Labute approximate surface area is 189 Å². The summed E-state index contributed by atoms with van der Waals surface area (Å²) in [6, 6.07) is 14.4. The average molecular weight is 439 g/mol. The molecule has 3 fully saturated rings. The molecule has 1 amide bonds. The minimum Gasteiger partial charge on any atom is -0.445 e. The van der Waals surface area contributed by atoms with Crippen LogP contribution in [-0.2, 0) is 11.2 Å². The molecule has 2 atom stereocenters. The average Bonchev–Trinajstić information content (AvgIpc) is 2.77. The monoisotopic (exact) mass is 438 g/mol. The summed E-state index contributed by atoms with van der Waals surface area (Å²) < 4.78 is 5.96. The summed E-state index contributed by atoms with van der Waals surface area (Å²) in [5, 5.41) is 3.99.